The van der Waals surface area contributed by atoms with Gasteiger partial charge in [-0.25, -0.2) is 8.42 Å². The van der Waals surface area contributed by atoms with E-state index in [1.807, 2.05) is 19.1 Å². The highest BCUT2D eigenvalue weighted by Gasteiger charge is 2.33. The Morgan fingerprint density at radius 3 is 2.14 bits per heavy atom. The van der Waals surface area contributed by atoms with Crippen molar-refractivity contribution in [1.29, 1.82) is 0 Å². The molecule has 9 nitrogen and oxygen atoms in total. The fraction of sp³-hybridized carbons (Fsp3) is 0.394. The fourth-order valence-electron chi connectivity index (χ4n) is 5.22. The van der Waals surface area contributed by atoms with E-state index in [1.165, 1.54) is 17.0 Å². The molecule has 0 unspecified atom stereocenters. The second-order valence-electron chi connectivity index (χ2n) is 10.8. The summed E-state index contributed by atoms with van der Waals surface area (Å²) in [6.45, 7) is 3.60. The monoisotopic (exact) mass is 685 g/mol. The van der Waals surface area contributed by atoms with Gasteiger partial charge in [-0.1, -0.05) is 47.3 Å². The average Bonchev–Trinajstić information content (AvgIpc) is 3.03. The highest BCUT2D eigenvalue weighted by molar-refractivity contribution is 9.10. The number of sulfonamides is 1. The van der Waals surface area contributed by atoms with Crippen molar-refractivity contribution in [3.05, 3.63) is 82.8 Å². The first kappa shape index (κ1) is 33.3. The van der Waals surface area contributed by atoms with E-state index in [1.54, 1.807) is 62.6 Å². The smallest absolute Gasteiger partial charge is 0.264 e. The Labute approximate surface area is 268 Å². The van der Waals surface area contributed by atoms with Crippen LogP contribution in [-0.4, -0.2) is 57.5 Å². The van der Waals surface area contributed by atoms with Crippen molar-refractivity contribution in [2.45, 2.75) is 69.5 Å². The average molecular weight is 687 g/mol. The largest absolute Gasteiger partial charge is 0.497 e. The lowest BCUT2D eigenvalue weighted by Gasteiger charge is -2.33. The number of benzene rings is 3. The number of carbonyl (C=O) groups is 2. The molecule has 0 saturated heterocycles. The number of ether oxygens (including phenoxy) is 2. The Bertz CT molecular complexity index is 1490. The SMILES string of the molecule is CCOc1ccc(N(CC(=O)N(Cc2ccc(OC)cc2)[C@H](C)C(=O)NC2CCCCC2)S(=O)(=O)c2ccc(Br)cc2)cc1. The number of nitrogens with zero attached hydrogens (tertiary/aromatic N) is 2. The maximum absolute atomic E-state index is 14.2. The highest BCUT2D eigenvalue weighted by Crippen LogP contribution is 2.28. The van der Waals surface area contributed by atoms with E-state index in [4.69, 9.17) is 9.47 Å². The Kier molecular flexibility index (Phi) is 11.7. The third-order valence-corrected chi connectivity index (χ3v) is 10.1. The number of halogens is 1. The van der Waals surface area contributed by atoms with Gasteiger partial charge in [0.15, 0.2) is 0 Å². The summed E-state index contributed by atoms with van der Waals surface area (Å²) >= 11 is 3.35. The van der Waals surface area contributed by atoms with E-state index < -0.39 is 28.5 Å². The van der Waals surface area contributed by atoms with Crippen molar-refractivity contribution in [3.63, 3.8) is 0 Å². The van der Waals surface area contributed by atoms with Crippen molar-refractivity contribution in [2.75, 3.05) is 24.6 Å². The third kappa shape index (κ3) is 8.53. The predicted molar refractivity (Wildman–Crippen MR) is 174 cm³/mol. The van der Waals surface area contributed by atoms with E-state index >= 15 is 0 Å². The van der Waals surface area contributed by atoms with Crippen molar-refractivity contribution in [3.8, 4) is 11.5 Å². The first-order valence-corrected chi connectivity index (χ1v) is 17.1. The summed E-state index contributed by atoms with van der Waals surface area (Å²) in [5.74, 6) is 0.471. The zero-order valence-electron chi connectivity index (χ0n) is 25.4. The zero-order valence-corrected chi connectivity index (χ0v) is 27.8. The summed E-state index contributed by atoms with van der Waals surface area (Å²) in [5.41, 5.74) is 1.08. The number of amides is 2. The molecule has 44 heavy (non-hydrogen) atoms. The van der Waals surface area contributed by atoms with E-state index in [2.05, 4.69) is 21.2 Å². The summed E-state index contributed by atoms with van der Waals surface area (Å²) in [6.07, 6.45) is 5.07. The highest BCUT2D eigenvalue weighted by atomic mass is 79.9. The molecular formula is C33H40BrN3O6S. The normalized spacial score (nSPS) is 14.4. The molecule has 1 fully saturated rings. The summed E-state index contributed by atoms with van der Waals surface area (Å²) < 4.78 is 40.7. The molecule has 0 spiro atoms. The van der Waals surface area contributed by atoms with Gasteiger partial charge in [0.05, 0.1) is 24.3 Å². The molecular weight excluding hydrogens is 646 g/mol. The lowest BCUT2D eigenvalue weighted by atomic mass is 9.95. The van der Waals surface area contributed by atoms with Gasteiger partial charge >= 0.3 is 0 Å². The molecule has 0 aromatic heterocycles. The Morgan fingerprint density at radius 2 is 1.55 bits per heavy atom. The molecule has 0 heterocycles. The molecule has 4 rings (SSSR count). The van der Waals surface area contributed by atoms with E-state index in [0.29, 0.717) is 23.8 Å². The zero-order chi connectivity index (χ0) is 31.7. The summed E-state index contributed by atoms with van der Waals surface area (Å²) in [7, 11) is -2.59. The standard InChI is InChI=1S/C33H40BrN3O6S/c1-4-43-30-18-14-28(15-19-30)37(44(40,41)31-20-12-26(34)13-21-31)23-32(38)36(22-25-10-16-29(42-3)17-11-25)24(2)33(39)35-27-8-6-5-7-9-27/h10-21,24,27H,4-9,22-23H2,1-3H3,(H,35,39)/t24-/m1/s1. The minimum atomic E-state index is -4.17. The minimum Gasteiger partial charge on any atom is -0.497 e. The van der Waals surface area contributed by atoms with Crippen LogP contribution < -0.4 is 19.1 Å². The molecule has 11 heteroatoms. The van der Waals surface area contributed by atoms with Crippen LogP contribution in [0.1, 0.15) is 51.5 Å². The van der Waals surface area contributed by atoms with Crippen LogP contribution in [0, 0.1) is 0 Å². The van der Waals surface area contributed by atoms with Gasteiger partial charge in [-0.3, -0.25) is 13.9 Å². The van der Waals surface area contributed by atoms with E-state index in [9.17, 15) is 18.0 Å². The molecule has 1 aliphatic rings. The summed E-state index contributed by atoms with van der Waals surface area (Å²) in [5, 5.41) is 3.12. The van der Waals surface area contributed by atoms with Gasteiger partial charge in [0, 0.05) is 17.1 Å². The molecule has 1 aliphatic carbocycles. The number of nitrogens with one attached hydrogen (secondary N) is 1. The van der Waals surface area contributed by atoms with Crippen LogP contribution in [0.15, 0.2) is 82.2 Å². The number of hydrogen-bond acceptors (Lipinski definition) is 6. The molecule has 236 valence electrons. The van der Waals surface area contributed by atoms with Gasteiger partial charge in [-0.05, 0) is 92.9 Å². The Hall–Kier alpha value is -3.57. The van der Waals surface area contributed by atoms with Crippen molar-refractivity contribution < 1.29 is 27.5 Å². The van der Waals surface area contributed by atoms with Gasteiger partial charge in [0.2, 0.25) is 11.8 Å². The molecule has 3 aromatic rings. The number of methoxy groups -OCH3 is 1. The molecule has 3 aromatic carbocycles. The maximum Gasteiger partial charge on any atom is 0.264 e. The van der Waals surface area contributed by atoms with E-state index in [0.717, 1.165) is 46.4 Å². The van der Waals surface area contributed by atoms with Gasteiger partial charge in [-0.15, -0.1) is 0 Å². The van der Waals surface area contributed by atoms with Crippen molar-refractivity contribution >= 4 is 43.5 Å². The van der Waals surface area contributed by atoms with Gasteiger partial charge in [0.25, 0.3) is 10.0 Å². The molecule has 0 radical (unpaired) electrons. The lowest BCUT2D eigenvalue weighted by Crippen LogP contribution is -2.53. The van der Waals surface area contributed by atoms with Crippen LogP contribution in [0.5, 0.6) is 11.5 Å². The molecule has 1 saturated carbocycles. The number of anilines is 1. The first-order valence-electron chi connectivity index (χ1n) is 14.9. The van der Waals surface area contributed by atoms with Crippen LogP contribution in [0.25, 0.3) is 0 Å². The number of carbonyl (C=O) groups excluding carboxylic acids is 2. The third-order valence-electron chi connectivity index (χ3n) is 7.75. The Morgan fingerprint density at radius 1 is 0.932 bits per heavy atom. The van der Waals surface area contributed by atoms with Crippen LogP contribution in [-0.2, 0) is 26.2 Å². The molecule has 2 amide bonds. The van der Waals surface area contributed by atoms with Crippen LogP contribution in [0.4, 0.5) is 5.69 Å². The molecule has 1 N–H and O–H groups in total. The molecule has 1 atom stereocenters. The van der Waals surface area contributed by atoms with Crippen LogP contribution >= 0.6 is 15.9 Å². The van der Waals surface area contributed by atoms with E-state index in [-0.39, 0.29) is 23.4 Å². The summed E-state index contributed by atoms with van der Waals surface area (Å²) in [6, 6.07) is 19.3. The number of rotatable bonds is 13. The number of hydrogen-bond donors (Lipinski definition) is 1. The summed E-state index contributed by atoms with van der Waals surface area (Å²) in [4.78, 5) is 29.1. The second kappa shape index (κ2) is 15.4. The fourth-order valence-corrected chi connectivity index (χ4v) is 6.90. The maximum atomic E-state index is 14.2. The van der Waals surface area contributed by atoms with Crippen molar-refractivity contribution in [1.82, 2.24) is 10.2 Å². The topological polar surface area (TPSA) is 105 Å². The second-order valence-corrected chi connectivity index (χ2v) is 13.6. The van der Waals surface area contributed by atoms with Gasteiger partial charge in [0.1, 0.15) is 24.1 Å². The van der Waals surface area contributed by atoms with Crippen LogP contribution in [0.2, 0.25) is 0 Å². The van der Waals surface area contributed by atoms with Gasteiger partial charge in [-0.2, -0.15) is 0 Å². The first-order chi connectivity index (χ1) is 21.1. The predicted octanol–water partition coefficient (Wildman–Crippen LogP) is 5.92. The van der Waals surface area contributed by atoms with Gasteiger partial charge < -0.3 is 19.7 Å². The quantitative estimate of drug-likeness (QED) is 0.240. The molecule has 0 bridgehead atoms. The minimum absolute atomic E-state index is 0.0344. The Balaban J connectivity index is 1.67. The van der Waals surface area contributed by atoms with Crippen LogP contribution in [0.3, 0.4) is 0 Å². The molecule has 0 aliphatic heterocycles. The van der Waals surface area contributed by atoms with Crippen molar-refractivity contribution in [2.24, 2.45) is 0 Å². The lowest BCUT2D eigenvalue weighted by molar-refractivity contribution is -0.139.